The van der Waals surface area contributed by atoms with Gasteiger partial charge in [-0.2, -0.15) is 4.37 Å². The molecule has 1 aromatic rings. The zero-order valence-corrected chi connectivity index (χ0v) is 8.89. The van der Waals surface area contributed by atoms with E-state index >= 15 is 0 Å². The molecule has 1 aromatic heterocycles. The van der Waals surface area contributed by atoms with Crippen molar-refractivity contribution in [3.8, 4) is 0 Å². The van der Waals surface area contributed by atoms with Crippen molar-refractivity contribution in [2.75, 3.05) is 5.33 Å². The molecule has 0 N–H and O–H groups in total. The molecule has 0 unspecified atom stereocenters. The number of nitrogens with zero attached hydrogens (tertiary/aromatic N) is 1. The van der Waals surface area contributed by atoms with Crippen LogP contribution in [0.2, 0.25) is 4.34 Å². The third kappa shape index (κ3) is 1.80. The van der Waals surface area contributed by atoms with Crippen LogP contribution in [0, 0.1) is 6.92 Å². The minimum atomic E-state index is -0.0127. The van der Waals surface area contributed by atoms with E-state index in [9.17, 15) is 4.79 Å². The maximum atomic E-state index is 11.2. The van der Waals surface area contributed by atoms with Gasteiger partial charge in [-0.15, -0.1) is 0 Å². The van der Waals surface area contributed by atoms with E-state index in [0.717, 1.165) is 11.5 Å². The van der Waals surface area contributed by atoms with Gasteiger partial charge in [0.15, 0.2) is 5.78 Å². The summed E-state index contributed by atoms with van der Waals surface area (Å²) in [5.74, 6) is -0.0127. The van der Waals surface area contributed by atoms with Crippen molar-refractivity contribution in [2.24, 2.45) is 0 Å². The number of Topliss-reactive ketones (excluding diaryl/α,β-unsaturated/α-hetero) is 1. The van der Waals surface area contributed by atoms with Crippen molar-refractivity contribution >= 4 is 44.8 Å². The number of ketones is 1. The van der Waals surface area contributed by atoms with E-state index in [-0.39, 0.29) is 5.78 Å². The maximum Gasteiger partial charge on any atom is 0.177 e. The van der Waals surface area contributed by atoms with Crippen LogP contribution in [0.5, 0.6) is 0 Å². The van der Waals surface area contributed by atoms with Crippen molar-refractivity contribution in [1.82, 2.24) is 4.37 Å². The summed E-state index contributed by atoms with van der Waals surface area (Å²) < 4.78 is 4.43. The molecule has 0 aliphatic rings. The largest absolute Gasteiger partial charge is 0.293 e. The first-order chi connectivity index (χ1) is 5.16. The Kier molecular flexibility index (Phi) is 3.04. The fourth-order valence-electron chi connectivity index (χ4n) is 0.720. The molecule has 0 aliphatic carbocycles. The molecule has 1 heterocycles. The lowest BCUT2D eigenvalue weighted by atomic mass is 10.2. The summed E-state index contributed by atoms with van der Waals surface area (Å²) in [6, 6.07) is 0. The Labute approximate surface area is 81.9 Å². The third-order valence-corrected chi connectivity index (χ3v) is 2.86. The average Bonchev–Trinajstić information content (AvgIpc) is 2.30. The lowest BCUT2D eigenvalue weighted by Gasteiger charge is -1.92. The highest BCUT2D eigenvalue weighted by Gasteiger charge is 2.14. The molecule has 0 spiro atoms. The molecular formula is C6H5BrClNOS. The summed E-state index contributed by atoms with van der Waals surface area (Å²) in [5, 5.41) is 0.298. The molecule has 60 valence electrons. The summed E-state index contributed by atoms with van der Waals surface area (Å²) in [7, 11) is 0. The van der Waals surface area contributed by atoms with Crippen LogP contribution in [-0.4, -0.2) is 15.5 Å². The van der Waals surface area contributed by atoms with Crippen LogP contribution < -0.4 is 0 Å². The Balaban J connectivity index is 3.10. The summed E-state index contributed by atoms with van der Waals surface area (Å²) in [6.07, 6.45) is 0. The fourth-order valence-corrected chi connectivity index (χ4v) is 2.01. The smallest absolute Gasteiger partial charge is 0.177 e. The van der Waals surface area contributed by atoms with E-state index in [1.807, 2.05) is 0 Å². The van der Waals surface area contributed by atoms with Crippen LogP contribution in [0.3, 0.4) is 0 Å². The monoisotopic (exact) mass is 253 g/mol. The van der Waals surface area contributed by atoms with Crippen LogP contribution in [-0.2, 0) is 0 Å². The number of carbonyl (C=O) groups is 1. The maximum absolute atomic E-state index is 11.2. The minimum Gasteiger partial charge on any atom is -0.293 e. The van der Waals surface area contributed by atoms with Gasteiger partial charge in [-0.05, 0) is 18.5 Å². The summed E-state index contributed by atoms with van der Waals surface area (Å²) in [5.41, 5.74) is 1.26. The zero-order chi connectivity index (χ0) is 8.43. The number of alkyl halides is 1. The van der Waals surface area contributed by atoms with E-state index < -0.39 is 0 Å². The van der Waals surface area contributed by atoms with Crippen LogP contribution >= 0.6 is 39.1 Å². The molecule has 0 atom stereocenters. The zero-order valence-electron chi connectivity index (χ0n) is 5.73. The molecule has 0 saturated carbocycles. The second kappa shape index (κ2) is 3.65. The normalized spacial score (nSPS) is 10.1. The summed E-state index contributed by atoms with van der Waals surface area (Å²) in [6.45, 7) is 1.78. The number of hydrogen-bond donors (Lipinski definition) is 0. The van der Waals surface area contributed by atoms with Crippen LogP contribution in [0.4, 0.5) is 0 Å². The van der Waals surface area contributed by atoms with Gasteiger partial charge < -0.3 is 0 Å². The van der Waals surface area contributed by atoms with Gasteiger partial charge in [-0.1, -0.05) is 27.5 Å². The van der Waals surface area contributed by atoms with E-state index in [1.165, 1.54) is 0 Å². The van der Waals surface area contributed by atoms with Gasteiger partial charge in [0.05, 0.1) is 16.6 Å². The van der Waals surface area contributed by atoms with Gasteiger partial charge >= 0.3 is 0 Å². The average molecular weight is 255 g/mol. The van der Waals surface area contributed by atoms with Gasteiger partial charge in [0.1, 0.15) is 4.34 Å². The Morgan fingerprint density at radius 3 is 2.82 bits per heavy atom. The Hall–Kier alpha value is 0.0700. The number of hydrogen-bond acceptors (Lipinski definition) is 3. The topological polar surface area (TPSA) is 30.0 Å². The SMILES string of the molecule is Cc1nsc(Cl)c1C(=O)CBr. The first kappa shape index (κ1) is 9.16. The molecule has 1 rings (SSSR count). The standard InChI is InChI=1S/C6H5BrClNOS/c1-3-5(4(10)2-7)6(8)11-9-3/h2H2,1H3. The van der Waals surface area contributed by atoms with Gasteiger partial charge in [0.2, 0.25) is 0 Å². The van der Waals surface area contributed by atoms with E-state index in [4.69, 9.17) is 11.6 Å². The number of carbonyl (C=O) groups excluding carboxylic acids is 1. The molecule has 11 heavy (non-hydrogen) atoms. The van der Waals surface area contributed by atoms with Crippen molar-refractivity contribution in [3.05, 3.63) is 15.6 Å². The lowest BCUT2D eigenvalue weighted by Crippen LogP contribution is -2.00. The summed E-state index contributed by atoms with van der Waals surface area (Å²) >= 11 is 9.95. The van der Waals surface area contributed by atoms with Crippen molar-refractivity contribution in [2.45, 2.75) is 6.92 Å². The Morgan fingerprint density at radius 2 is 2.45 bits per heavy atom. The van der Waals surface area contributed by atoms with Crippen LogP contribution in [0.1, 0.15) is 16.1 Å². The van der Waals surface area contributed by atoms with Gasteiger partial charge in [-0.25, -0.2) is 0 Å². The van der Waals surface area contributed by atoms with E-state index in [0.29, 0.717) is 20.9 Å². The highest BCUT2D eigenvalue weighted by atomic mass is 79.9. The number of aromatic nitrogens is 1. The van der Waals surface area contributed by atoms with Gasteiger partial charge in [0, 0.05) is 0 Å². The molecule has 0 fully saturated rings. The number of halogens is 2. The van der Waals surface area contributed by atoms with Gasteiger partial charge in [0.25, 0.3) is 0 Å². The predicted octanol–water partition coefficient (Wildman–Crippen LogP) is 2.68. The van der Waals surface area contributed by atoms with Crippen molar-refractivity contribution in [3.63, 3.8) is 0 Å². The third-order valence-electron chi connectivity index (χ3n) is 1.22. The molecule has 0 aliphatic heterocycles. The van der Waals surface area contributed by atoms with E-state index in [1.54, 1.807) is 6.92 Å². The highest BCUT2D eigenvalue weighted by Crippen LogP contribution is 2.24. The second-order valence-electron chi connectivity index (χ2n) is 1.97. The number of aryl methyl sites for hydroxylation is 1. The number of rotatable bonds is 2. The van der Waals surface area contributed by atoms with Crippen LogP contribution in [0.15, 0.2) is 0 Å². The molecule has 5 heteroatoms. The first-order valence-electron chi connectivity index (χ1n) is 2.87. The quantitative estimate of drug-likeness (QED) is 0.600. The molecule has 0 radical (unpaired) electrons. The molecule has 0 aromatic carbocycles. The van der Waals surface area contributed by atoms with Crippen LogP contribution in [0.25, 0.3) is 0 Å². The Morgan fingerprint density at radius 1 is 1.82 bits per heavy atom. The molecule has 0 bridgehead atoms. The van der Waals surface area contributed by atoms with E-state index in [2.05, 4.69) is 20.3 Å². The van der Waals surface area contributed by atoms with Crippen molar-refractivity contribution in [1.29, 1.82) is 0 Å². The van der Waals surface area contributed by atoms with Gasteiger partial charge in [-0.3, -0.25) is 4.79 Å². The predicted molar refractivity (Wildman–Crippen MR) is 50.0 cm³/mol. The highest BCUT2D eigenvalue weighted by molar-refractivity contribution is 9.09. The second-order valence-corrected chi connectivity index (χ2v) is 3.91. The molecule has 0 saturated heterocycles. The Bertz CT molecular complexity index is 267. The van der Waals surface area contributed by atoms with Crippen molar-refractivity contribution < 1.29 is 4.79 Å². The first-order valence-corrected chi connectivity index (χ1v) is 5.15. The summed E-state index contributed by atoms with van der Waals surface area (Å²) in [4.78, 5) is 11.2. The molecule has 2 nitrogen and oxygen atoms in total. The minimum absolute atomic E-state index is 0.0127. The lowest BCUT2D eigenvalue weighted by molar-refractivity contribution is 0.102. The molecule has 0 amide bonds. The molecular weight excluding hydrogens is 249 g/mol. The fraction of sp³-hybridized carbons (Fsp3) is 0.333.